The fraction of sp³-hybridized carbons (Fsp3) is 0.222. The van der Waals surface area contributed by atoms with Crippen molar-refractivity contribution in [3.63, 3.8) is 0 Å². The van der Waals surface area contributed by atoms with Gasteiger partial charge in [-0.05, 0) is 41.6 Å². The number of carbonyl (C=O) groups is 2. The third-order valence-electron chi connectivity index (χ3n) is 3.63. The van der Waals surface area contributed by atoms with E-state index in [4.69, 9.17) is 4.74 Å². The van der Waals surface area contributed by atoms with E-state index in [1.54, 1.807) is 12.1 Å². The molecule has 1 aromatic carbocycles. The Morgan fingerprint density at radius 2 is 2.03 bits per heavy atom. The van der Waals surface area contributed by atoms with Gasteiger partial charge in [0, 0.05) is 24.5 Å². The first kappa shape index (κ1) is 25.2. The zero-order chi connectivity index (χ0) is 20.6. The smallest absolute Gasteiger partial charge is 1.00 e. The topological polar surface area (TPSA) is 114 Å². The normalized spacial score (nSPS) is 10.8. The van der Waals surface area contributed by atoms with Crippen LogP contribution in [-0.2, 0) is 21.2 Å². The first-order valence-electron chi connectivity index (χ1n) is 8.26. The summed E-state index contributed by atoms with van der Waals surface area (Å²) in [6.45, 7) is 0.322. The third kappa shape index (κ3) is 7.82. The summed E-state index contributed by atoms with van der Waals surface area (Å²) in [6, 6.07) is 7.57. The summed E-state index contributed by atoms with van der Waals surface area (Å²) in [4.78, 5) is 24.1. The van der Waals surface area contributed by atoms with E-state index in [1.165, 1.54) is 43.7 Å². The molecular formula is C18H22N3NaO5S2. The van der Waals surface area contributed by atoms with Gasteiger partial charge in [0.05, 0.1) is 7.11 Å². The van der Waals surface area contributed by atoms with E-state index < -0.39 is 16.1 Å². The summed E-state index contributed by atoms with van der Waals surface area (Å²) >= 11 is 1.53. The molecule has 0 bridgehead atoms. The minimum absolute atomic E-state index is 0. The van der Waals surface area contributed by atoms with Crippen LogP contribution in [0.1, 0.15) is 11.9 Å². The molecule has 1 heterocycles. The molecule has 11 heteroatoms. The van der Waals surface area contributed by atoms with Crippen molar-refractivity contribution < 1.29 is 53.7 Å². The summed E-state index contributed by atoms with van der Waals surface area (Å²) in [7, 11) is -1.44. The summed E-state index contributed by atoms with van der Waals surface area (Å²) in [5, 5.41) is 6.85. The average Bonchev–Trinajstić information content (AvgIpc) is 3.19. The van der Waals surface area contributed by atoms with Gasteiger partial charge in [-0.2, -0.15) is 0 Å². The molecule has 0 fully saturated rings. The number of ether oxygens (including phenoxy) is 1. The molecule has 0 atom stereocenters. The maximum atomic E-state index is 12.4. The van der Waals surface area contributed by atoms with Crippen LogP contribution in [0.4, 0.5) is 4.79 Å². The zero-order valence-corrected chi connectivity index (χ0v) is 20.0. The Labute approximate surface area is 197 Å². The Morgan fingerprint density at radius 1 is 1.28 bits per heavy atom. The van der Waals surface area contributed by atoms with Crippen molar-refractivity contribution in [3.05, 3.63) is 52.2 Å². The van der Waals surface area contributed by atoms with Crippen LogP contribution in [0.15, 0.2) is 46.7 Å². The predicted molar refractivity (Wildman–Crippen MR) is 109 cm³/mol. The van der Waals surface area contributed by atoms with Crippen LogP contribution in [0.2, 0.25) is 0 Å². The van der Waals surface area contributed by atoms with E-state index in [9.17, 15) is 18.0 Å². The number of benzene rings is 1. The molecule has 3 amide bonds. The zero-order valence-electron chi connectivity index (χ0n) is 17.4. The van der Waals surface area contributed by atoms with Gasteiger partial charge in [0.25, 0.3) is 10.0 Å². The fourth-order valence-electron chi connectivity index (χ4n) is 2.25. The number of thiophene rings is 1. The van der Waals surface area contributed by atoms with Gasteiger partial charge in [0.2, 0.25) is 5.91 Å². The monoisotopic (exact) mass is 447 g/mol. The Kier molecular flexibility index (Phi) is 10.4. The maximum Gasteiger partial charge on any atom is 1.00 e. The quantitative estimate of drug-likeness (QED) is 0.350. The van der Waals surface area contributed by atoms with Crippen LogP contribution in [-0.4, -0.2) is 41.1 Å². The number of rotatable bonds is 8. The van der Waals surface area contributed by atoms with E-state index in [1.807, 2.05) is 22.2 Å². The molecule has 8 nitrogen and oxygen atoms in total. The Balaban J connectivity index is 0.00000420. The molecule has 152 valence electrons. The van der Waals surface area contributed by atoms with Crippen molar-refractivity contribution >= 4 is 39.4 Å². The van der Waals surface area contributed by atoms with Crippen molar-refractivity contribution in [2.45, 2.75) is 11.3 Å². The summed E-state index contributed by atoms with van der Waals surface area (Å²) in [5.41, 5.74) is 0.667. The molecule has 0 aliphatic heterocycles. The number of urea groups is 1. The Hall–Kier alpha value is -1.85. The molecule has 2 rings (SSSR count). The summed E-state index contributed by atoms with van der Waals surface area (Å²) in [5.74, 6) is -0.126. The number of carbonyl (C=O) groups excluding carboxylic acids is 2. The first-order valence-corrected chi connectivity index (χ1v) is 10.6. The van der Waals surface area contributed by atoms with E-state index in [-0.39, 0.29) is 47.5 Å². The van der Waals surface area contributed by atoms with Crippen LogP contribution >= 0.6 is 11.3 Å². The SMILES string of the molecule is CNC(=O)NS(=O)(=O)c1cc(CCNC(=O)/C=C/c2cccs2)ccc1OC.[H-].[Na+]. The molecule has 3 N–H and O–H groups in total. The van der Waals surface area contributed by atoms with Crippen LogP contribution in [0.25, 0.3) is 6.08 Å². The number of sulfonamides is 1. The van der Waals surface area contributed by atoms with Crippen LogP contribution in [0.5, 0.6) is 5.75 Å². The number of amides is 3. The van der Waals surface area contributed by atoms with E-state index in [0.717, 1.165) is 4.88 Å². The number of hydrogen-bond acceptors (Lipinski definition) is 6. The van der Waals surface area contributed by atoms with Crippen molar-refractivity contribution in [1.82, 2.24) is 15.4 Å². The number of methoxy groups -OCH3 is 1. The van der Waals surface area contributed by atoms with Crippen molar-refractivity contribution in [2.24, 2.45) is 0 Å². The van der Waals surface area contributed by atoms with E-state index in [0.29, 0.717) is 18.5 Å². The second-order valence-corrected chi connectivity index (χ2v) is 8.19. The fourth-order valence-corrected chi connectivity index (χ4v) is 4.04. The molecule has 0 unspecified atom stereocenters. The van der Waals surface area contributed by atoms with Gasteiger partial charge < -0.3 is 16.8 Å². The van der Waals surface area contributed by atoms with E-state index >= 15 is 0 Å². The van der Waals surface area contributed by atoms with E-state index in [2.05, 4.69) is 10.6 Å². The molecule has 0 saturated carbocycles. The first-order chi connectivity index (χ1) is 13.4. The third-order valence-corrected chi connectivity index (χ3v) is 5.82. The second-order valence-electron chi connectivity index (χ2n) is 5.56. The van der Waals surface area contributed by atoms with Gasteiger partial charge in [-0.25, -0.2) is 17.9 Å². The van der Waals surface area contributed by atoms with Crippen molar-refractivity contribution in [2.75, 3.05) is 20.7 Å². The van der Waals surface area contributed by atoms with Gasteiger partial charge in [0.1, 0.15) is 10.6 Å². The van der Waals surface area contributed by atoms with Gasteiger partial charge >= 0.3 is 35.6 Å². The molecule has 2 aromatic rings. The molecule has 0 aliphatic carbocycles. The predicted octanol–water partition coefficient (Wildman–Crippen LogP) is -1.14. The minimum Gasteiger partial charge on any atom is -1.00 e. The van der Waals surface area contributed by atoms with Crippen molar-refractivity contribution in [1.29, 1.82) is 0 Å². The second kappa shape index (κ2) is 12.0. The largest absolute Gasteiger partial charge is 1.00 e. The minimum atomic E-state index is -4.10. The average molecular weight is 448 g/mol. The number of nitrogens with one attached hydrogen (secondary N) is 3. The Bertz CT molecular complexity index is 966. The van der Waals surface area contributed by atoms with Crippen molar-refractivity contribution in [3.8, 4) is 5.75 Å². The van der Waals surface area contributed by atoms with Gasteiger partial charge in [0.15, 0.2) is 0 Å². The molecule has 0 saturated heterocycles. The summed E-state index contributed by atoms with van der Waals surface area (Å²) < 4.78 is 31.7. The molecular weight excluding hydrogens is 425 g/mol. The number of hydrogen-bond donors (Lipinski definition) is 3. The van der Waals surface area contributed by atoms with Crippen LogP contribution < -0.4 is 49.6 Å². The summed E-state index contributed by atoms with van der Waals surface area (Å²) in [6.07, 6.45) is 3.58. The van der Waals surface area contributed by atoms with Gasteiger partial charge in [-0.15, -0.1) is 11.3 Å². The molecule has 1 aromatic heterocycles. The van der Waals surface area contributed by atoms with Gasteiger partial charge in [-0.3, -0.25) is 4.79 Å². The van der Waals surface area contributed by atoms with Crippen LogP contribution in [0.3, 0.4) is 0 Å². The van der Waals surface area contributed by atoms with Crippen LogP contribution in [0, 0.1) is 0 Å². The van der Waals surface area contributed by atoms with Gasteiger partial charge in [-0.1, -0.05) is 12.1 Å². The molecule has 0 spiro atoms. The Morgan fingerprint density at radius 3 is 2.66 bits per heavy atom. The standard InChI is InChI=1S/C18H21N3O5S2.Na.H/c1-19-18(23)21-28(24,25)16-12-13(5-7-15(16)26-2)9-10-20-17(22)8-6-14-4-3-11-27-14;;/h3-8,11-12H,9-10H2,1-2H3,(H,20,22)(H2,19,21,23);;/q;+1;-1/b8-6+;;. The molecule has 29 heavy (non-hydrogen) atoms. The molecule has 0 radical (unpaired) electrons. The maximum absolute atomic E-state index is 12.4. The molecule has 0 aliphatic rings.